The van der Waals surface area contributed by atoms with Gasteiger partial charge in [-0.3, -0.25) is 4.79 Å². The molecule has 2 saturated heterocycles. The highest BCUT2D eigenvalue weighted by atomic mass is 16.2. The van der Waals surface area contributed by atoms with Crippen molar-refractivity contribution < 1.29 is 4.79 Å². The average molecular weight is 288 g/mol. The summed E-state index contributed by atoms with van der Waals surface area (Å²) >= 11 is 0. The maximum absolute atomic E-state index is 12.3. The molecule has 5 nitrogen and oxygen atoms in total. The Morgan fingerprint density at radius 3 is 2.76 bits per heavy atom. The molecule has 21 heavy (non-hydrogen) atoms. The number of hydrogen-bond donors (Lipinski definition) is 2. The monoisotopic (exact) mass is 288 g/mol. The van der Waals surface area contributed by atoms with Crippen LogP contribution in [-0.4, -0.2) is 43.1 Å². The van der Waals surface area contributed by atoms with Gasteiger partial charge >= 0.3 is 0 Å². The van der Waals surface area contributed by atoms with E-state index in [1.165, 1.54) is 0 Å². The predicted octanol–water partition coefficient (Wildman–Crippen LogP) is 1.02. The minimum Gasteiger partial charge on any atom is -0.356 e. The molecule has 0 aliphatic carbocycles. The standard InChI is InChI=1S/C16H24N4O/c1-12-10-17-11-14(12)16(21)19-13-5-8-20(9-6-13)15-4-2-3-7-18-15/h2-4,7,12-14,17H,5-6,8-11H2,1H3,(H,19,21)/t12-,14-/m1/s1. The fourth-order valence-electron chi connectivity index (χ4n) is 3.26. The number of nitrogens with one attached hydrogen (secondary N) is 2. The van der Waals surface area contributed by atoms with Crippen molar-refractivity contribution in [3.05, 3.63) is 24.4 Å². The molecule has 2 atom stereocenters. The Morgan fingerprint density at radius 2 is 2.14 bits per heavy atom. The van der Waals surface area contributed by atoms with E-state index in [9.17, 15) is 4.79 Å². The summed E-state index contributed by atoms with van der Waals surface area (Å²) in [6.45, 7) is 5.84. The number of aromatic nitrogens is 1. The first-order chi connectivity index (χ1) is 10.2. The van der Waals surface area contributed by atoms with E-state index in [2.05, 4.69) is 27.4 Å². The molecule has 2 fully saturated rings. The summed E-state index contributed by atoms with van der Waals surface area (Å²) in [7, 11) is 0. The van der Waals surface area contributed by atoms with Crippen LogP contribution < -0.4 is 15.5 Å². The number of rotatable bonds is 3. The molecule has 1 aromatic heterocycles. The summed E-state index contributed by atoms with van der Waals surface area (Å²) in [5.74, 6) is 1.84. The Kier molecular flexibility index (Phi) is 4.39. The molecule has 3 rings (SSSR count). The SMILES string of the molecule is C[C@@H]1CNC[C@H]1C(=O)NC1CCN(c2ccccn2)CC1. The molecule has 0 saturated carbocycles. The number of piperidine rings is 1. The minimum atomic E-state index is 0.138. The normalized spacial score (nSPS) is 26.8. The smallest absolute Gasteiger partial charge is 0.224 e. The van der Waals surface area contributed by atoms with Crippen LogP contribution in [-0.2, 0) is 4.79 Å². The Labute approximate surface area is 126 Å². The molecule has 2 aliphatic heterocycles. The van der Waals surface area contributed by atoms with Crippen molar-refractivity contribution in [1.29, 1.82) is 0 Å². The molecule has 0 radical (unpaired) electrons. The van der Waals surface area contributed by atoms with Crippen LogP contribution in [0.25, 0.3) is 0 Å². The van der Waals surface area contributed by atoms with Crippen LogP contribution >= 0.6 is 0 Å². The van der Waals surface area contributed by atoms with Crippen molar-refractivity contribution in [2.45, 2.75) is 25.8 Å². The first-order valence-electron chi connectivity index (χ1n) is 7.91. The molecular formula is C16H24N4O. The number of amides is 1. The molecule has 0 aromatic carbocycles. The van der Waals surface area contributed by atoms with E-state index in [0.717, 1.165) is 44.8 Å². The summed E-state index contributed by atoms with van der Waals surface area (Å²) in [6.07, 6.45) is 3.82. The lowest BCUT2D eigenvalue weighted by Gasteiger charge is -2.33. The molecule has 2 N–H and O–H groups in total. The maximum atomic E-state index is 12.3. The number of pyridine rings is 1. The van der Waals surface area contributed by atoms with Crippen molar-refractivity contribution in [3.63, 3.8) is 0 Å². The number of carbonyl (C=O) groups excluding carboxylic acids is 1. The van der Waals surface area contributed by atoms with Gasteiger partial charge in [-0.1, -0.05) is 13.0 Å². The lowest BCUT2D eigenvalue weighted by molar-refractivity contribution is -0.126. The molecular weight excluding hydrogens is 264 g/mol. The van der Waals surface area contributed by atoms with Crippen LogP contribution in [0.4, 0.5) is 5.82 Å². The summed E-state index contributed by atoms with van der Waals surface area (Å²) in [4.78, 5) is 19.0. The van der Waals surface area contributed by atoms with Gasteiger partial charge in [-0.15, -0.1) is 0 Å². The summed E-state index contributed by atoms with van der Waals surface area (Å²) in [6, 6.07) is 6.31. The average Bonchev–Trinajstić information content (AvgIpc) is 2.95. The van der Waals surface area contributed by atoms with Gasteiger partial charge in [0.15, 0.2) is 0 Å². The van der Waals surface area contributed by atoms with Gasteiger partial charge in [0.2, 0.25) is 5.91 Å². The van der Waals surface area contributed by atoms with E-state index < -0.39 is 0 Å². The van der Waals surface area contributed by atoms with Gasteiger partial charge in [0, 0.05) is 31.9 Å². The zero-order valence-electron chi connectivity index (χ0n) is 12.6. The van der Waals surface area contributed by atoms with Crippen LogP contribution in [0.3, 0.4) is 0 Å². The molecule has 1 amide bonds. The summed E-state index contributed by atoms with van der Waals surface area (Å²) in [5, 5.41) is 6.53. The zero-order chi connectivity index (χ0) is 14.7. The Bertz CT molecular complexity index is 470. The highest BCUT2D eigenvalue weighted by Crippen LogP contribution is 2.19. The van der Waals surface area contributed by atoms with E-state index in [0.29, 0.717) is 12.0 Å². The van der Waals surface area contributed by atoms with Gasteiger partial charge in [-0.25, -0.2) is 4.98 Å². The molecule has 0 bridgehead atoms. The predicted molar refractivity (Wildman–Crippen MR) is 83.1 cm³/mol. The van der Waals surface area contributed by atoms with Gasteiger partial charge in [-0.2, -0.15) is 0 Å². The summed E-state index contributed by atoms with van der Waals surface area (Å²) < 4.78 is 0. The minimum absolute atomic E-state index is 0.138. The van der Waals surface area contributed by atoms with Crippen molar-refractivity contribution in [1.82, 2.24) is 15.6 Å². The van der Waals surface area contributed by atoms with Gasteiger partial charge in [0.25, 0.3) is 0 Å². The molecule has 3 heterocycles. The highest BCUT2D eigenvalue weighted by molar-refractivity contribution is 5.79. The molecule has 5 heteroatoms. The second-order valence-electron chi connectivity index (χ2n) is 6.20. The number of anilines is 1. The van der Waals surface area contributed by atoms with Crippen LogP contribution in [0.2, 0.25) is 0 Å². The lowest BCUT2D eigenvalue weighted by Crippen LogP contribution is -2.47. The highest BCUT2D eigenvalue weighted by Gasteiger charge is 2.31. The first kappa shape index (κ1) is 14.3. The van der Waals surface area contributed by atoms with E-state index >= 15 is 0 Å². The third-order valence-corrected chi connectivity index (χ3v) is 4.67. The quantitative estimate of drug-likeness (QED) is 0.872. The van der Waals surface area contributed by atoms with Gasteiger partial charge in [0.05, 0.1) is 5.92 Å². The van der Waals surface area contributed by atoms with E-state index in [4.69, 9.17) is 0 Å². The number of hydrogen-bond acceptors (Lipinski definition) is 4. The Morgan fingerprint density at radius 1 is 1.33 bits per heavy atom. The number of carbonyl (C=O) groups is 1. The van der Waals surface area contributed by atoms with Gasteiger partial charge in [-0.05, 0) is 37.4 Å². The second kappa shape index (κ2) is 6.43. The maximum Gasteiger partial charge on any atom is 0.224 e. The topological polar surface area (TPSA) is 57.3 Å². The molecule has 0 unspecified atom stereocenters. The van der Waals surface area contributed by atoms with E-state index in [1.807, 2.05) is 24.4 Å². The third kappa shape index (κ3) is 3.35. The van der Waals surface area contributed by atoms with E-state index in [1.54, 1.807) is 0 Å². The van der Waals surface area contributed by atoms with Crippen LogP contribution in [0.1, 0.15) is 19.8 Å². The van der Waals surface area contributed by atoms with Crippen LogP contribution in [0.5, 0.6) is 0 Å². The molecule has 114 valence electrons. The zero-order valence-corrected chi connectivity index (χ0v) is 12.6. The second-order valence-corrected chi connectivity index (χ2v) is 6.20. The molecule has 2 aliphatic rings. The third-order valence-electron chi connectivity index (χ3n) is 4.67. The summed E-state index contributed by atoms with van der Waals surface area (Å²) in [5.41, 5.74) is 0. The van der Waals surface area contributed by atoms with Gasteiger partial charge < -0.3 is 15.5 Å². The van der Waals surface area contributed by atoms with Crippen molar-refractivity contribution >= 4 is 11.7 Å². The first-order valence-corrected chi connectivity index (χ1v) is 7.91. The van der Waals surface area contributed by atoms with Crippen molar-refractivity contribution in [3.8, 4) is 0 Å². The number of nitrogens with zero attached hydrogens (tertiary/aromatic N) is 2. The van der Waals surface area contributed by atoms with Crippen molar-refractivity contribution in [2.24, 2.45) is 11.8 Å². The Hall–Kier alpha value is -1.62. The largest absolute Gasteiger partial charge is 0.356 e. The lowest BCUT2D eigenvalue weighted by atomic mass is 9.96. The Balaban J connectivity index is 1.49. The van der Waals surface area contributed by atoms with Crippen LogP contribution in [0, 0.1) is 11.8 Å². The van der Waals surface area contributed by atoms with Crippen molar-refractivity contribution in [2.75, 3.05) is 31.1 Å². The fourth-order valence-corrected chi connectivity index (χ4v) is 3.26. The fraction of sp³-hybridized carbons (Fsp3) is 0.625. The van der Waals surface area contributed by atoms with Gasteiger partial charge in [0.1, 0.15) is 5.82 Å². The van der Waals surface area contributed by atoms with Crippen LogP contribution in [0.15, 0.2) is 24.4 Å². The molecule has 1 aromatic rings. The van der Waals surface area contributed by atoms with E-state index in [-0.39, 0.29) is 11.8 Å². The molecule has 0 spiro atoms.